The molecule has 2 rings (SSSR count). The van der Waals surface area contributed by atoms with Gasteiger partial charge in [0, 0.05) is 16.1 Å². The van der Waals surface area contributed by atoms with Crippen molar-refractivity contribution in [2.75, 3.05) is 5.32 Å². The van der Waals surface area contributed by atoms with Gasteiger partial charge in [0.15, 0.2) is 0 Å². The summed E-state index contributed by atoms with van der Waals surface area (Å²) in [6.07, 6.45) is 0. The largest absolute Gasteiger partial charge is 0.446 e. The minimum absolute atomic E-state index is 0.0665. The van der Waals surface area contributed by atoms with E-state index >= 15 is 0 Å². The average molecular weight is 332 g/mol. The van der Waals surface area contributed by atoms with Gasteiger partial charge in [0.05, 0.1) is 5.02 Å². The third-order valence-corrected chi connectivity index (χ3v) is 3.68. The molecule has 0 unspecified atom stereocenters. The second-order valence-corrected chi connectivity index (χ2v) is 5.53. The van der Waals surface area contributed by atoms with Crippen molar-refractivity contribution < 1.29 is 18.0 Å². The quantitative estimate of drug-likeness (QED) is 0.783. The van der Waals surface area contributed by atoms with Crippen molar-refractivity contribution >= 4 is 35.0 Å². The number of anilines is 1. The van der Waals surface area contributed by atoms with Gasteiger partial charge >= 0.3 is 5.51 Å². The molecule has 0 bridgehead atoms. The first kappa shape index (κ1) is 15.7. The van der Waals surface area contributed by atoms with Gasteiger partial charge in [0.1, 0.15) is 0 Å². The number of hydrogen-bond acceptors (Lipinski definition) is 2. The molecule has 0 heterocycles. The number of thioether (sulfide) groups is 1. The van der Waals surface area contributed by atoms with Gasteiger partial charge in [-0.3, -0.25) is 4.79 Å². The van der Waals surface area contributed by atoms with Crippen LogP contribution in [0.5, 0.6) is 0 Å². The number of halogens is 4. The standard InChI is InChI=1S/C14H9ClF3NOS/c15-11-8-10(6-7-12(11)21-14(16,17)18)19-13(20)9-4-2-1-3-5-9/h1-8H,(H,19,20). The molecule has 1 amide bonds. The van der Waals surface area contributed by atoms with E-state index in [4.69, 9.17) is 11.6 Å². The zero-order valence-electron chi connectivity index (χ0n) is 10.4. The summed E-state index contributed by atoms with van der Waals surface area (Å²) in [7, 11) is 0. The van der Waals surface area contributed by atoms with Gasteiger partial charge < -0.3 is 5.32 Å². The number of carbonyl (C=O) groups is 1. The number of hydrogen-bond donors (Lipinski definition) is 1. The molecule has 110 valence electrons. The lowest BCUT2D eigenvalue weighted by Crippen LogP contribution is -2.11. The van der Waals surface area contributed by atoms with Crippen LogP contribution in [-0.2, 0) is 0 Å². The summed E-state index contributed by atoms with van der Waals surface area (Å²) in [6, 6.07) is 12.3. The number of benzene rings is 2. The predicted octanol–water partition coefficient (Wildman–Crippen LogP) is 5.20. The third-order valence-electron chi connectivity index (χ3n) is 2.45. The van der Waals surface area contributed by atoms with Crippen molar-refractivity contribution in [2.24, 2.45) is 0 Å². The molecule has 2 aromatic carbocycles. The Morgan fingerprint density at radius 1 is 1.10 bits per heavy atom. The van der Waals surface area contributed by atoms with Gasteiger partial charge in [0.2, 0.25) is 0 Å². The van der Waals surface area contributed by atoms with Crippen LogP contribution in [0.4, 0.5) is 18.9 Å². The van der Waals surface area contributed by atoms with Gasteiger partial charge in [0.25, 0.3) is 5.91 Å². The summed E-state index contributed by atoms with van der Waals surface area (Å²) in [5, 5.41) is 2.51. The third kappa shape index (κ3) is 4.68. The molecule has 0 aliphatic rings. The summed E-state index contributed by atoms with van der Waals surface area (Å²) in [4.78, 5) is 11.8. The second-order valence-electron chi connectivity index (χ2n) is 4.01. The van der Waals surface area contributed by atoms with Crippen LogP contribution < -0.4 is 5.32 Å². The number of alkyl halides is 3. The number of nitrogens with one attached hydrogen (secondary N) is 1. The SMILES string of the molecule is O=C(Nc1ccc(SC(F)(F)F)c(Cl)c1)c1ccccc1. The fourth-order valence-electron chi connectivity index (χ4n) is 1.58. The first-order chi connectivity index (χ1) is 9.85. The first-order valence-electron chi connectivity index (χ1n) is 5.77. The monoisotopic (exact) mass is 331 g/mol. The van der Waals surface area contributed by atoms with Crippen LogP contribution in [0.2, 0.25) is 5.02 Å². The number of rotatable bonds is 3. The van der Waals surface area contributed by atoms with Gasteiger partial charge in [-0.05, 0) is 42.1 Å². The molecule has 1 N–H and O–H groups in total. The number of carbonyl (C=O) groups excluding carboxylic acids is 1. The Kier molecular flexibility index (Phi) is 4.80. The lowest BCUT2D eigenvalue weighted by molar-refractivity contribution is -0.0328. The van der Waals surface area contributed by atoms with Crippen molar-refractivity contribution in [2.45, 2.75) is 10.4 Å². The van der Waals surface area contributed by atoms with E-state index in [1.165, 1.54) is 18.2 Å². The Morgan fingerprint density at radius 2 is 1.76 bits per heavy atom. The molecule has 0 saturated heterocycles. The summed E-state index contributed by atoms with van der Waals surface area (Å²) in [6.45, 7) is 0. The van der Waals surface area contributed by atoms with Crippen molar-refractivity contribution in [3.8, 4) is 0 Å². The molecule has 0 fully saturated rings. The molecule has 0 saturated carbocycles. The number of amides is 1. The van der Waals surface area contributed by atoms with E-state index in [0.717, 1.165) is 0 Å². The summed E-state index contributed by atoms with van der Waals surface area (Å²) in [5.74, 6) is -0.358. The Morgan fingerprint density at radius 3 is 2.33 bits per heavy atom. The summed E-state index contributed by atoms with van der Waals surface area (Å²) in [5.41, 5.74) is -3.62. The maximum atomic E-state index is 12.3. The highest BCUT2D eigenvalue weighted by molar-refractivity contribution is 8.00. The molecule has 7 heteroatoms. The van der Waals surface area contributed by atoms with Crippen molar-refractivity contribution in [3.05, 3.63) is 59.1 Å². The van der Waals surface area contributed by atoms with Gasteiger partial charge in [-0.1, -0.05) is 29.8 Å². The lowest BCUT2D eigenvalue weighted by atomic mass is 10.2. The molecule has 0 aliphatic heterocycles. The van der Waals surface area contributed by atoms with E-state index in [2.05, 4.69) is 5.32 Å². The maximum Gasteiger partial charge on any atom is 0.446 e. The van der Waals surface area contributed by atoms with Gasteiger partial charge in [-0.15, -0.1) is 0 Å². The zero-order valence-corrected chi connectivity index (χ0v) is 12.0. The maximum absolute atomic E-state index is 12.3. The normalized spacial score (nSPS) is 11.2. The van der Waals surface area contributed by atoms with Crippen molar-refractivity contribution in [3.63, 3.8) is 0 Å². The highest BCUT2D eigenvalue weighted by atomic mass is 35.5. The van der Waals surface area contributed by atoms with E-state index in [9.17, 15) is 18.0 Å². The molecule has 2 nitrogen and oxygen atoms in total. The van der Waals surface area contributed by atoms with Crippen LogP contribution in [0.1, 0.15) is 10.4 Å². The Balaban J connectivity index is 2.12. The minimum Gasteiger partial charge on any atom is -0.322 e. The minimum atomic E-state index is -4.40. The topological polar surface area (TPSA) is 29.1 Å². The summed E-state index contributed by atoms with van der Waals surface area (Å²) < 4.78 is 36.9. The van der Waals surface area contributed by atoms with Crippen LogP contribution in [0.15, 0.2) is 53.4 Å². The molecule has 0 spiro atoms. The van der Waals surface area contributed by atoms with Crippen molar-refractivity contribution in [1.29, 1.82) is 0 Å². The Labute approximate surface area is 128 Å². The fourth-order valence-corrected chi connectivity index (χ4v) is 2.42. The Bertz CT molecular complexity index is 646. The molecule has 0 aromatic heterocycles. The van der Waals surface area contributed by atoms with Crippen LogP contribution >= 0.6 is 23.4 Å². The molecular formula is C14H9ClF3NOS. The zero-order chi connectivity index (χ0) is 15.5. The van der Waals surface area contributed by atoms with Crippen LogP contribution in [-0.4, -0.2) is 11.4 Å². The van der Waals surface area contributed by atoms with E-state index in [1.807, 2.05) is 0 Å². The van der Waals surface area contributed by atoms with E-state index in [-0.39, 0.29) is 27.6 Å². The highest BCUT2D eigenvalue weighted by Crippen LogP contribution is 2.40. The van der Waals surface area contributed by atoms with Gasteiger partial charge in [-0.2, -0.15) is 13.2 Å². The average Bonchev–Trinajstić information content (AvgIpc) is 2.41. The molecule has 21 heavy (non-hydrogen) atoms. The smallest absolute Gasteiger partial charge is 0.322 e. The molecule has 0 aliphatic carbocycles. The van der Waals surface area contributed by atoms with E-state index in [0.29, 0.717) is 11.3 Å². The van der Waals surface area contributed by atoms with Crippen molar-refractivity contribution in [1.82, 2.24) is 0 Å². The fraction of sp³-hybridized carbons (Fsp3) is 0.0714. The van der Waals surface area contributed by atoms with E-state index in [1.54, 1.807) is 30.3 Å². The molecule has 2 aromatic rings. The predicted molar refractivity (Wildman–Crippen MR) is 77.8 cm³/mol. The first-order valence-corrected chi connectivity index (χ1v) is 6.96. The van der Waals surface area contributed by atoms with Crippen LogP contribution in [0.3, 0.4) is 0 Å². The molecule has 0 atom stereocenters. The highest BCUT2D eigenvalue weighted by Gasteiger charge is 2.30. The van der Waals surface area contributed by atoms with Gasteiger partial charge in [-0.25, -0.2) is 0 Å². The van der Waals surface area contributed by atoms with Crippen LogP contribution in [0.25, 0.3) is 0 Å². The summed E-state index contributed by atoms with van der Waals surface area (Å²) >= 11 is 5.50. The molecular weight excluding hydrogens is 323 g/mol. The molecule has 0 radical (unpaired) electrons. The van der Waals surface area contributed by atoms with Crippen LogP contribution in [0, 0.1) is 0 Å². The van der Waals surface area contributed by atoms with E-state index < -0.39 is 5.51 Å². The second kappa shape index (κ2) is 6.41. The lowest BCUT2D eigenvalue weighted by Gasteiger charge is -2.10. The Hall–Kier alpha value is -1.66.